The van der Waals surface area contributed by atoms with Gasteiger partial charge in [0.2, 0.25) is 0 Å². The number of aryl methyl sites for hydroxylation is 1. The van der Waals surface area contributed by atoms with Crippen molar-refractivity contribution in [1.29, 1.82) is 0 Å². The second-order valence-electron chi connectivity index (χ2n) is 2.85. The molecule has 0 radical (unpaired) electrons. The number of hydrogen-bond donors (Lipinski definition) is 1. The molecule has 3 nitrogen and oxygen atoms in total. The Bertz CT molecular complexity index is 304. The standard InChI is InChI=1S/C7H8ClF3N2O/c1-13-3-12-6(8)4(13)2-5(14)7(9,10)11/h3,5,14H,2H2,1H3. The molecule has 1 aromatic heterocycles. The van der Waals surface area contributed by atoms with Crippen molar-refractivity contribution in [1.82, 2.24) is 9.55 Å². The van der Waals surface area contributed by atoms with Crippen molar-refractivity contribution in [2.45, 2.75) is 18.7 Å². The fraction of sp³-hybridized carbons (Fsp3) is 0.571. The van der Waals surface area contributed by atoms with E-state index in [-0.39, 0.29) is 10.8 Å². The van der Waals surface area contributed by atoms with Gasteiger partial charge in [0, 0.05) is 13.5 Å². The Morgan fingerprint density at radius 3 is 2.57 bits per heavy atom. The lowest BCUT2D eigenvalue weighted by molar-refractivity contribution is -0.203. The lowest BCUT2D eigenvalue weighted by atomic mass is 10.2. The van der Waals surface area contributed by atoms with Gasteiger partial charge in [-0.1, -0.05) is 11.6 Å². The van der Waals surface area contributed by atoms with Crippen LogP contribution >= 0.6 is 11.6 Å². The number of aromatic nitrogens is 2. The summed E-state index contributed by atoms with van der Waals surface area (Å²) in [5, 5.41) is 8.76. The van der Waals surface area contributed by atoms with Crippen LogP contribution in [-0.4, -0.2) is 26.9 Å². The van der Waals surface area contributed by atoms with Crippen LogP contribution in [-0.2, 0) is 13.5 Å². The van der Waals surface area contributed by atoms with Crippen LogP contribution in [0.1, 0.15) is 5.69 Å². The highest BCUT2D eigenvalue weighted by Crippen LogP contribution is 2.24. The minimum Gasteiger partial charge on any atom is -0.383 e. The van der Waals surface area contributed by atoms with E-state index in [1.165, 1.54) is 17.9 Å². The second-order valence-corrected chi connectivity index (χ2v) is 3.21. The van der Waals surface area contributed by atoms with E-state index < -0.39 is 18.7 Å². The lowest BCUT2D eigenvalue weighted by Gasteiger charge is -2.14. The van der Waals surface area contributed by atoms with Crippen molar-refractivity contribution in [3.63, 3.8) is 0 Å². The predicted molar refractivity (Wildman–Crippen MR) is 44.0 cm³/mol. The summed E-state index contributed by atoms with van der Waals surface area (Å²) in [5.41, 5.74) is 0.163. The van der Waals surface area contributed by atoms with Crippen LogP contribution in [0.15, 0.2) is 6.33 Å². The van der Waals surface area contributed by atoms with Crippen LogP contribution < -0.4 is 0 Å². The molecule has 1 heterocycles. The topological polar surface area (TPSA) is 38.0 Å². The fourth-order valence-electron chi connectivity index (χ4n) is 0.954. The zero-order valence-electron chi connectivity index (χ0n) is 7.22. The maximum Gasteiger partial charge on any atom is 0.414 e. The molecule has 0 amide bonds. The third-order valence-electron chi connectivity index (χ3n) is 1.77. The van der Waals surface area contributed by atoms with Crippen LogP contribution in [0.4, 0.5) is 13.2 Å². The molecule has 0 saturated heterocycles. The molecular weight excluding hydrogens is 221 g/mol. The number of halogens is 4. The van der Waals surface area contributed by atoms with Gasteiger partial charge < -0.3 is 9.67 Å². The maximum absolute atomic E-state index is 12.0. The average molecular weight is 229 g/mol. The van der Waals surface area contributed by atoms with Crippen molar-refractivity contribution in [2.24, 2.45) is 7.05 Å². The predicted octanol–water partition coefficient (Wildman–Crippen LogP) is 1.54. The molecule has 0 spiro atoms. The summed E-state index contributed by atoms with van der Waals surface area (Å²) in [5.74, 6) is 0. The number of hydrogen-bond acceptors (Lipinski definition) is 2. The third kappa shape index (κ3) is 2.39. The summed E-state index contributed by atoms with van der Waals surface area (Å²) in [6, 6.07) is 0. The van der Waals surface area contributed by atoms with Gasteiger partial charge in [0.05, 0.1) is 12.0 Å². The quantitative estimate of drug-likeness (QED) is 0.834. The molecule has 0 aliphatic rings. The number of imidazole rings is 1. The summed E-state index contributed by atoms with van der Waals surface area (Å²) < 4.78 is 37.3. The Morgan fingerprint density at radius 2 is 2.21 bits per heavy atom. The Kier molecular flexibility index (Phi) is 3.06. The summed E-state index contributed by atoms with van der Waals surface area (Å²) in [7, 11) is 1.51. The van der Waals surface area contributed by atoms with Gasteiger partial charge in [-0.3, -0.25) is 0 Å². The number of aliphatic hydroxyl groups is 1. The van der Waals surface area contributed by atoms with Gasteiger partial charge in [0.1, 0.15) is 5.15 Å². The van der Waals surface area contributed by atoms with E-state index in [0.29, 0.717) is 0 Å². The van der Waals surface area contributed by atoms with Crippen molar-refractivity contribution < 1.29 is 18.3 Å². The molecule has 1 atom stereocenters. The van der Waals surface area contributed by atoms with E-state index in [1.54, 1.807) is 0 Å². The molecule has 0 bridgehead atoms. The van der Waals surface area contributed by atoms with E-state index in [4.69, 9.17) is 16.7 Å². The molecule has 14 heavy (non-hydrogen) atoms. The SMILES string of the molecule is Cn1cnc(Cl)c1CC(O)C(F)(F)F. The molecule has 0 aliphatic heterocycles. The second kappa shape index (κ2) is 3.78. The largest absolute Gasteiger partial charge is 0.414 e. The van der Waals surface area contributed by atoms with Crippen LogP contribution in [0.5, 0.6) is 0 Å². The van der Waals surface area contributed by atoms with Gasteiger partial charge in [-0.25, -0.2) is 4.98 Å². The van der Waals surface area contributed by atoms with Crippen LogP contribution in [0.25, 0.3) is 0 Å². The summed E-state index contributed by atoms with van der Waals surface area (Å²) in [6.07, 6.45) is -6.33. The number of nitrogens with zero attached hydrogens (tertiary/aromatic N) is 2. The van der Waals surface area contributed by atoms with E-state index in [0.717, 1.165) is 0 Å². The van der Waals surface area contributed by atoms with E-state index in [1.807, 2.05) is 0 Å². The highest BCUT2D eigenvalue weighted by Gasteiger charge is 2.38. The third-order valence-corrected chi connectivity index (χ3v) is 2.09. The molecule has 0 aromatic carbocycles. The number of alkyl halides is 3. The molecule has 0 fully saturated rings. The van der Waals surface area contributed by atoms with Crippen molar-refractivity contribution in [3.05, 3.63) is 17.2 Å². The van der Waals surface area contributed by atoms with Crippen molar-refractivity contribution in [3.8, 4) is 0 Å². The first-order chi connectivity index (χ1) is 6.32. The van der Waals surface area contributed by atoms with Crippen LogP contribution in [0.3, 0.4) is 0 Å². The van der Waals surface area contributed by atoms with Crippen molar-refractivity contribution >= 4 is 11.6 Å². The molecule has 1 rings (SSSR count). The maximum atomic E-state index is 12.0. The zero-order chi connectivity index (χ0) is 10.9. The highest BCUT2D eigenvalue weighted by atomic mass is 35.5. The van der Waals surface area contributed by atoms with Gasteiger partial charge in [0.25, 0.3) is 0 Å². The van der Waals surface area contributed by atoms with Gasteiger partial charge in [0.15, 0.2) is 6.10 Å². The van der Waals surface area contributed by atoms with Gasteiger partial charge >= 0.3 is 6.18 Å². The van der Waals surface area contributed by atoms with E-state index in [9.17, 15) is 13.2 Å². The smallest absolute Gasteiger partial charge is 0.383 e. The summed E-state index contributed by atoms with van der Waals surface area (Å²) in [4.78, 5) is 3.60. The Balaban J connectivity index is 2.79. The van der Waals surface area contributed by atoms with Crippen LogP contribution in [0.2, 0.25) is 5.15 Å². The van der Waals surface area contributed by atoms with E-state index in [2.05, 4.69) is 4.98 Å². The molecule has 1 N–H and O–H groups in total. The first kappa shape index (κ1) is 11.3. The van der Waals surface area contributed by atoms with Gasteiger partial charge in [-0.2, -0.15) is 13.2 Å². The highest BCUT2D eigenvalue weighted by molar-refractivity contribution is 6.30. The number of rotatable bonds is 2. The molecule has 7 heteroatoms. The molecule has 1 aromatic rings. The minimum absolute atomic E-state index is 0.0178. The zero-order valence-corrected chi connectivity index (χ0v) is 7.97. The summed E-state index contributed by atoms with van der Waals surface area (Å²) in [6.45, 7) is 0. The molecule has 0 saturated carbocycles. The average Bonchev–Trinajstić information content (AvgIpc) is 2.34. The minimum atomic E-state index is -4.63. The van der Waals surface area contributed by atoms with Gasteiger partial charge in [-0.15, -0.1) is 0 Å². The Labute approximate surface area is 83.1 Å². The number of aliphatic hydroxyl groups excluding tert-OH is 1. The first-order valence-corrected chi connectivity index (χ1v) is 4.10. The fourth-order valence-corrected chi connectivity index (χ4v) is 1.21. The molecule has 80 valence electrons. The Hall–Kier alpha value is -0.750. The monoisotopic (exact) mass is 228 g/mol. The lowest BCUT2D eigenvalue weighted by Crippen LogP contribution is -2.31. The Morgan fingerprint density at radius 1 is 1.64 bits per heavy atom. The first-order valence-electron chi connectivity index (χ1n) is 3.73. The molecule has 1 unspecified atom stereocenters. The molecular formula is C7H8ClF3N2O. The molecule has 0 aliphatic carbocycles. The normalized spacial score (nSPS) is 14.4. The van der Waals surface area contributed by atoms with Crippen molar-refractivity contribution in [2.75, 3.05) is 0 Å². The van der Waals surface area contributed by atoms with Gasteiger partial charge in [-0.05, 0) is 0 Å². The summed E-state index contributed by atoms with van der Waals surface area (Å²) >= 11 is 5.53. The van der Waals surface area contributed by atoms with E-state index >= 15 is 0 Å². The van der Waals surface area contributed by atoms with Crippen LogP contribution in [0, 0.1) is 0 Å².